The third-order valence-corrected chi connectivity index (χ3v) is 4.57. The van der Waals surface area contributed by atoms with Crippen LogP contribution in [0.1, 0.15) is 49.9 Å². The summed E-state index contributed by atoms with van der Waals surface area (Å²) in [5.74, 6) is 0.836. The van der Waals surface area contributed by atoms with E-state index in [9.17, 15) is 5.11 Å². The van der Waals surface area contributed by atoms with Crippen molar-refractivity contribution in [3.8, 4) is 0 Å². The molecule has 1 aliphatic rings. The van der Waals surface area contributed by atoms with Crippen LogP contribution < -0.4 is 0 Å². The molecule has 0 radical (unpaired) electrons. The summed E-state index contributed by atoms with van der Waals surface area (Å²) >= 11 is 6.19. The van der Waals surface area contributed by atoms with Gasteiger partial charge >= 0.3 is 0 Å². The fraction of sp³-hybridized carbons (Fsp3) is 0.786. The van der Waals surface area contributed by atoms with Gasteiger partial charge in [0.05, 0.1) is 22.5 Å². The molecule has 1 aromatic heterocycles. The Morgan fingerprint density at radius 1 is 1.44 bits per heavy atom. The first-order chi connectivity index (χ1) is 8.58. The standard InChI is InChI=1S/C14H23ClN2O/c1-10-14(15)13(17(2)16-10)9-12(18)8-7-11-5-3-4-6-11/h11-12,18H,3-9H2,1-2H3. The lowest BCUT2D eigenvalue weighted by atomic mass is 9.98. The average Bonchev–Trinajstić information content (AvgIpc) is 2.92. The zero-order valence-electron chi connectivity index (χ0n) is 11.3. The molecule has 102 valence electrons. The number of halogens is 1. The van der Waals surface area contributed by atoms with E-state index in [1.165, 1.54) is 25.7 Å². The second kappa shape index (κ2) is 6.07. The topological polar surface area (TPSA) is 38.0 Å². The van der Waals surface area contributed by atoms with Gasteiger partial charge in [0.15, 0.2) is 0 Å². The molecule has 1 aliphatic carbocycles. The quantitative estimate of drug-likeness (QED) is 0.892. The van der Waals surface area contributed by atoms with Crippen molar-refractivity contribution in [1.29, 1.82) is 0 Å². The zero-order valence-corrected chi connectivity index (χ0v) is 12.1. The molecule has 0 saturated heterocycles. The fourth-order valence-electron chi connectivity index (χ4n) is 2.95. The number of aliphatic hydroxyl groups is 1. The highest BCUT2D eigenvalue weighted by Gasteiger charge is 2.19. The summed E-state index contributed by atoms with van der Waals surface area (Å²) in [6.07, 6.45) is 7.78. The Morgan fingerprint density at radius 2 is 2.11 bits per heavy atom. The van der Waals surface area contributed by atoms with Crippen molar-refractivity contribution in [3.05, 3.63) is 16.4 Å². The van der Waals surface area contributed by atoms with Gasteiger partial charge < -0.3 is 5.11 Å². The van der Waals surface area contributed by atoms with Gasteiger partial charge in [0, 0.05) is 13.5 Å². The summed E-state index contributed by atoms with van der Waals surface area (Å²) in [6, 6.07) is 0. The van der Waals surface area contributed by atoms with Crippen molar-refractivity contribution in [2.75, 3.05) is 0 Å². The molecule has 1 atom stereocenters. The average molecular weight is 271 g/mol. The van der Waals surface area contributed by atoms with Gasteiger partial charge in [0.2, 0.25) is 0 Å². The monoisotopic (exact) mass is 270 g/mol. The van der Waals surface area contributed by atoms with E-state index in [1.54, 1.807) is 4.68 Å². The Bertz CT molecular complexity index is 397. The summed E-state index contributed by atoms with van der Waals surface area (Å²) in [6.45, 7) is 1.90. The largest absolute Gasteiger partial charge is 0.393 e. The highest BCUT2D eigenvalue weighted by atomic mass is 35.5. The molecular weight excluding hydrogens is 248 g/mol. The van der Waals surface area contributed by atoms with Crippen LogP contribution in [0.25, 0.3) is 0 Å². The highest BCUT2D eigenvalue weighted by Crippen LogP contribution is 2.29. The van der Waals surface area contributed by atoms with Crippen LogP contribution >= 0.6 is 11.6 Å². The minimum atomic E-state index is -0.294. The minimum absolute atomic E-state index is 0.294. The lowest BCUT2D eigenvalue weighted by Gasteiger charge is -2.14. The van der Waals surface area contributed by atoms with Crippen molar-refractivity contribution in [2.45, 2.75) is 58.0 Å². The third-order valence-electron chi connectivity index (χ3n) is 4.07. The van der Waals surface area contributed by atoms with Crippen LogP contribution in [-0.4, -0.2) is 21.0 Å². The van der Waals surface area contributed by atoms with Gasteiger partial charge in [-0.2, -0.15) is 5.10 Å². The van der Waals surface area contributed by atoms with E-state index in [4.69, 9.17) is 11.6 Å². The van der Waals surface area contributed by atoms with E-state index in [0.717, 1.165) is 30.1 Å². The lowest BCUT2D eigenvalue weighted by Crippen LogP contribution is -2.14. The number of hydrogen-bond donors (Lipinski definition) is 1. The van der Waals surface area contributed by atoms with Crippen LogP contribution in [0, 0.1) is 12.8 Å². The van der Waals surface area contributed by atoms with Crippen molar-refractivity contribution < 1.29 is 5.11 Å². The molecule has 1 fully saturated rings. The minimum Gasteiger partial charge on any atom is -0.393 e. The van der Waals surface area contributed by atoms with Gasteiger partial charge in [-0.1, -0.05) is 37.3 Å². The second-order valence-electron chi connectivity index (χ2n) is 5.56. The SMILES string of the molecule is Cc1nn(C)c(CC(O)CCC2CCCC2)c1Cl. The van der Waals surface area contributed by atoms with Gasteiger partial charge in [-0.05, 0) is 25.7 Å². The Morgan fingerprint density at radius 3 is 2.67 bits per heavy atom. The second-order valence-corrected chi connectivity index (χ2v) is 5.93. The van der Waals surface area contributed by atoms with Gasteiger partial charge in [0.25, 0.3) is 0 Å². The molecule has 0 spiro atoms. The Labute approximate surface area is 114 Å². The first kappa shape index (κ1) is 13.9. The zero-order chi connectivity index (χ0) is 13.1. The van der Waals surface area contributed by atoms with Crippen LogP contribution in [0.4, 0.5) is 0 Å². The van der Waals surface area contributed by atoms with E-state index in [1.807, 2.05) is 14.0 Å². The molecule has 1 saturated carbocycles. The molecule has 0 bridgehead atoms. The van der Waals surface area contributed by atoms with E-state index >= 15 is 0 Å². The molecule has 1 unspecified atom stereocenters. The maximum atomic E-state index is 10.1. The van der Waals surface area contributed by atoms with Gasteiger partial charge in [0.1, 0.15) is 0 Å². The van der Waals surface area contributed by atoms with E-state index in [0.29, 0.717) is 11.4 Å². The molecule has 3 nitrogen and oxygen atoms in total. The number of rotatable bonds is 5. The molecule has 18 heavy (non-hydrogen) atoms. The van der Waals surface area contributed by atoms with Crippen molar-refractivity contribution in [3.63, 3.8) is 0 Å². The number of nitrogens with zero attached hydrogens (tertiary/aromatic N) is 2. The number of aryl methyl sites for hydroxylation is 2. The summed E-state index contributed by atoms with van der Waals surface area (Å²) < 4.78 is 1.79. The third kappa shape index (κ3) is 3.27. The summed E-state index contributed by atoms with van der Waals surface area (Å²) in [5, 5.41) is 15.1. The lowest BCUT2D eigenvalue weighted by molar-refractivity contribution is 0.152. The first-order valence-corrected chi connectivity index (χ1v) is 7.31. The maximum Gasteiger partial charge on any atom is 0.0847 e. The predicted molar refractivity (Wildman–Crippen MR) is 73.9 cm³/mol. The molecule has 4 heteroatoms. The summed E-state index contributed by atoms with van der Waals surface area (Å²) in [7, 11) is 1.89. The smallest absolute Gasteiger partial charge is 0.0847 e. The summed E-state index contributed by atoms with van der Waals surface area (Å²) in [4.78, 5) is 0. The normalized spacial score (nSPS) is 18.4. The number of aliphatic hydroxyl groups excluding tert-OH is 1. The Kier molecular flexibility index (Phi) is 4.68. The van der Waals surface area contributed by atoms with Crippen LogP contribution in [0.2, 0.25) is 5.02 Å². The predicted octanol–water partition coefficient (Wildman–Crippen LogP) is 3.26. The van der Waals surface area contributed by atoms with Gasteiger partial charge in [-0.25, -0.2) is 0 Å². The Hall–Kier alpha value is -0.540. The molecule has 2 rings (SSSR count). The molecule has 1 aromatic rings. The van der Waals surface area contributed by atoms with Crippen molar-refractivity contribution in [2.24, 2.45) is 13.0 Å². The van der Waals surface area contributed by atoms with E-state index < -0.39 is 0 Å². The molecular formula is C14H23ClN2O. The van der Waals surface area contributed by atoms with Crippen molar-refractivity contribution >= 4 is 11.6 Å². The van der Waals surface area contributed by atoms with Gasteiger partial charge in [-0.15, -0.1) is 0 Å². The van der Waals surface area contributed by atoms with Crippen LogP contribution in [0.3, 0.4) is 0 Å². The molecule has 0 amide bonds. The molecule has 1 N–H and O–H groups in total. The fourth-order valence-corrected chi connectivity index (χ4v) is 3.19. The molecule has 1 heterocycles. The summed E-state index contributed by atoms with van der Waals surface area (Å²) in [5.41, 5.74) is 1.80. The molecule has 0 aromatic carbocycles. The first-order valence-electron chi connectivity index (χ1n) is 6.94. The van der Waals surface area contributed by atoms with Crippen LogP contribution in [0.15, 0.2) is 0 Å². The van der Waals surface area contributed by atoms with Gasteiger partial charge in [-0.3, -0.25) is 4.68 Å². The maximum absolute atomic E-state index is 10.1. The van der Waals surface area contributed by atoms with Crippen molar-refractivity contribution in [1.82, 2.24) is 9.78 Å². The number of aromatic nitrogens is 2. The Balaban J connectivity index is 1.84. The van der Waals surface area contributed by atoms with Crippen LogP contribution in [-0.2, 0) is 13.5 Å². The number of hydrogen-bond acceptors (Lipinski definition) is 2. The van der Waals surface area contributed by atoms with E-state index in [-0.39, 0.29) is 6.10 Å². The van der Waals surface area contributed by atoms with Crippen LogP contribution in [0.5, 0.6) is 0 Å². The highest BCUT2D eigenvalue weighted by molar-refractivity contribution is 6.31. The molecule has 0 aliphatic heterocycles. The van der Waals surface area contributed by atoms with E-state index in [2.05, 4.69) is 5.10 Å².